The van der Waals surface area contributed by atoms with Crippen LogP contribution in [0.4, 0.5) is 0 Å². The second-order valence-electron chi connectivity index (χ2n) is 4.35. The number of para-hydroxylation sites is 2. The van der Waals surface area contributed by atoms with E-state index in [0.717, 1.165) is 22.6 Å². The van der Waals surface area contributed by atoms with E-state index in [-0.39, 0.29) is 6.10 Å². The summed E-state index contributed by atoms with van der Waals surface area (Å²) in [7, 11) is 0. The Bertz CT molecular complexity index is 625. The fourth-order valence-electron chi connectivity index (χ4n) is 2.56. The fraction of sp³-hybridized carbons (Fsp3) is 0.200. The number of benzene rings is 2. The van der Waals surface area contributed by atoms with Crippen LogP contribution >= 0.6 is 0 Å². The molecule has 2 atom stereocenters. The van der Waals surface area contributed by atoms with Gasteiger partial charge in [-0.15, -0.1) is 0 Å². The first kappa shape index (κ1) is 8.18. The second-order valence-corrected chi connectivity index (χ2v) is 4.35. The van der Waals surface area contributed by atoms with Crippen molar-refractivity contribution in [1.29, 1.82) is 0 Å². The molecule has 0 amide bonds. The molecule has 4 rings (SSSR count). The van der Waals surface area contributed by atoms with Crippen LogP contribution in [0.5, 0.6) is 11.5 Å². The molecule has 2 heterocycles. The van der Waals surface area contributed by atoms with E-state index >= 15 is 0 Å². The molecule has 2 heteroatoms. The van der Waals surface area contributed by atoms with Crippen molar-refractivity contribution in [3.05, 3.63) is 59.7 Å². The highest BCUT2D eigenvalue weighted by atomic mass is 16.5. The number of hydrogen-bond donors (Lipinski definition) is 0. The Labute approximate surface area is 101 Å². The van der Waals surface area contributed by atoms with Crippen molar-refractivity contribution in [2.45, 2.75) is 12.0 Å². The molecule has 0 aliphatic carbocycles. The van der Waals surface area contributed by atoms with Crippen LogP contribution in [0.25, 0.3) is 0 Å². The van der Waals surface area contributed by atoms with E-state index < -0.39 is 5.89 Å². The van der Waals surface area contributed by atoms with E-state index in [1.54, 1.807) is 0 Å². The summed E-state index contributed by atoms with van der Waals surface area (Å²) in [6.07, 6.45) is -0.264. The van der Waals surface area contributed by atoms with E-state index in [4.69, 9.17) is 10.8 Å². The van der Waals surface area contributed by atoms with Crippen LogP contribution in [0.3, 0.4) is 0 Å². The van der Waals surface area contributed by atoms with Crippen molar-refractivity contribution in [2.24, 2.45) is 0 Å². The van der Waals surface area contributed by atoms with Gasteiger partial charge in [0.15, 0.2) is 0 Å². The number of fused-ring (bicyclic) bond motifs is 5. The lowest BCUT2D eigenvalue weighted by Gasteiger charge is -2.27. The third-order valence-electron chi connectivity index (χ3n) is 3.38. The van der Waals surface area contributed by atoms with Gasteiger partial charge in [0.05, 0.1) is 12.5 Å². The Kier molecular flexibility index (Phi) is 1.57. The maximum absolute atomic E-state index is 8.70. The van der Waals surface area contributed by atoms with Gasteiger partial charge in [-0.2, -0.15) is 0 Å². The minimum absolute atomic E-state index is 0.264. The molecule has 0 aromatic heterocycles. The Balaban J connectivity index is 1.92. The molecule has 2 nitrogen and oxygen atoms in total. The first-order chi connectivity index (χ1) is 8.79. The lowest BCUT2D eigenvalue weighted by Crippen LogP contribution is -2.22. The van der Waals surface area contributed by atoms with Crippen LogP contribution in [0.15, 0.2) is 48.5 Å². The maximum atomic E-state index is 8.70. The van der Waals surface area contributed by atoms with Crippen LogP contribution in [-0.2, 0) is 0 Å². The normalized spacial score (nSPS) is 29.2. The highest BCUT2D eigenvalue weighted by molar-refractivity contribution is 5.48. The molecule has 0 unspecified atom stereocenters. The van der Waals surface area contributed by atoms with Crippen LogP contribution < -0.4 is 9.47 Å². The number of ether oxygens (including phenoxy) is 2. The van der Waals surface area contributed by atoms with Gasteiger partial charge >= 0.3 is 0 Å². The molecule has 0 bridgehead atoms. The van der Waals surface area contributed by atoms with Crippen LogP contribution in [0, 0.1) is 0 Å². The summed E-state index contributed by atoms with van der Waals surface area (Å²) in [5, 5.41) is 0. The van der Waals surface area contributed by atoms with Crippen molar-refractivity contribution in [1.82, 2.24) is 0 Å². The number of hydrogen-bond acceptors (Lipinski definition) is 2. The van der Waals surface area contributed by atoms with Gasteiger partial charge in [-0.05, 0) is 12.1 Å². The van der Waals surface area contributed by atoms with E-state index in [1.807, 2.05) is 48.5 Å². The lowest BCUT2D eigenvalue weighted by molar-refractivity contribution is 0.139. The Morgan fingerprint density at radius 2 is 1.65 bits per heavy atom. The van der Waals surface area contributed by atoms with Crippen molar-refractivity contribution in [3.63, 3.8) is 0 Å². The first-order valence-electron chi connectivity index (χ1n) is 6.27. The van der Waals surface area contributed by atoms with Gasteiger partial charge in [-0.3, -0.25) is 0 Å². The molecule has 2 aliphatic heterocycles. The SMILES string of the molecule is [2H][C@]12COc3ccccc3[C@H]1Oc1ccccc12. The molecule has 0 fully saturated rings. The smallest absolute Gasteiger partial charge is 0.138 e. The standard InChI is InChI=1S/C15H12O2/c1-4-8-14-10(5-1)12-9-16-13-7-3-2-6-11(13)15(12)17-14/h1-8,12,15H,9H2/t12-,15-/m1/s1/i12D. The number of rotatable bonds is 0. The molecule has 0 saturated heterocycles. The van der Waals surface area contributed by atoms with Gasteiger partial charge in [0, 0.05) is 12.5 Å². The zero-order valence-corrected chi connectivity index (χ0v) is 9.22. The summed E-state index contributed by atoms with van der Waals surface area (Å²) in [5.41, 5.74) is 1.89. The predicted octanol–water partition coefficient (Wildman–Crippen LogP) is 3.30. The van der Waals surface area contributed by atoms with Gasteiger partial charge in [-0.25, -0.2) is 0 Å². The maximum Gasteiger partial charge on any atom is 0.138 e. The van der Waals surface area contributed by atoms with E-state index in [0.29, 0.717) is 6.61 Å². The molecule has 2 aromatic rings. The molecule has 0 radical (unpaired) electrons. The third kappa shape index (κ3) is 1.21. The average Bonchev–Trinajstić information content (AvgIpc) is 2.73. The van der Waals surface area contributed by atoms with Gasteiger partial charge in [0.2, 0.25) is 0 Å². The third-order valence-corrected chi connectivity index (χ3v) is 3.38. The van der Waals surface area contributed by atoms with Crippen molar-refractivity contribution in [3.8, 4) is 11.5 Å². The molecular weight excluding hydrogens is 212 g/mol. The van der Waals surface area contributed by atoms with Gasteiger partial charge in [0.25, 0.3) is 0 Å². The molecule has 2 aromatic carbocycles. The molecule has 84 valence electrons. The lowest BCUT2D eigenvalue weighted by atomic mass is 9.89. The zero-order valence-electron chi connectivity index (χ0n) is 10.2. The quantitative estimate of drug-likeness (QED) is 0.685. The van der Waals surface area contributed by atoms with Crippen LogP contribution in [-0.4, -0.2) is 6.61 Å². The summed E-state index contributed by atoms with van der Waals surface area (Å²) in [6.45, 7) is 0.339. The van der Waals surface area contributed by atoms with Crippen LogP contribution in [0.1, 0.15) is 24.5 Å². The van der Waals surface area contributed by atoms with E-state index in [9.17, 15) is 0 Å². The van der Waals surface area contributed by atoms with Gasteiger partial charge in [0.1, 0.15) is 17.6 Å². The fourth-order valence-corrected chi connectivity index (χ4v) is 2.56. The second kappa shape index (κ2) is 3.27. The summed E-state index contributed by atoms with van der Waals surface area (Å²) >= 11 is 0. The van der Waals surface area contributed by atoms with Crippen molar-refractivity contribution >= 4 is 0 Å². The van der Waals surface area contributed by atoms with Crippen molar-refractivity contribution < 1.29 is 10.8 Å². The van der Waals surface area contributed by atoms with E-state index in [2.05, 4.69) is 0 Å². The predicted molar refractivity (Wildman–Crippen MR) is 64.5 cm³/mol. The highest BCUT2D eigenvalue weighted by Crippen LogP contribution is 2.50. The van der Waals surface area contributed by atoms with Gasteiger partial charge in [-0.1, -0.05) is 36.4 Å². The molecular formula is C15H12O2. The van der Waals surface area contributed by atoms with E-state index in [1.165, 1.54) is 0 Å². The zero-order chi connectivity index (χ0) is 12.2. The average molecular weight is 225 g/mol. The molecule has 0 saturated carbocycles. The van der Waals surface area contributed by atoms with Crippen LogP contribution in [0.2, 0.25) is 0 Å². The first-order valence-corrected chi connectivity index (χ1v) is 5.77. The molecule has 0 spiro atoms. The highest BCUT2D eigenvalue weighted by Gasteiger charge is 2.40. The topological polar surface area (TPSA) is 18.5 Å². The summed E-state index contributed by atoms with van der Waals surface area (Å²) < 4.78 is 20.4. The largest absolute Gasteiger partial charge is 0.492 e. The Morgan fingerprint density at radius 3 is 2.53 bits per heavy atom. The van der Waals surface area contributed by atoms with Gasteiger partial charge < -0.3 is 9.47 Å². The Hall–Kier alpha value is -1.96. The molecule has 0 N–H and O–H groups in total. The molecule has 2 aliphatic rings. The van der Waals surface area contributed by atoms with Crippen molar-refractivity contribution in [2.75, 3.05) is 6.61 Å². The summed E-state index contributed by atoms with van der Waals surface area (Å²) in [6, 6.07) is 15.6. The summed E-state index contributed by atoms with van der Waals surface area (Å²) in [4.78, 5) is 0. The minimum Gasteiger partial charge on any atom is -0.492 e. The molecule has 17 heavy (non-hydrogen) atoms. The Morgan fingerprint density at radius 1 is 0.941 bits per heavy atom. The summed E-state index contributed by atoms with van der Waals surface area (Å²) in [5.74, 6) is 0.807. The minimum atomic E-state index is -0.828. The monoisotopic (exact) mass is 225 g/mol.